The fourth-order valence-corrected chi connectivity index (χ4v) is 1.14. The number of carboxylic acids is 1. The van der Waals surface area contributed by atoms with Crippen LogP contribution in [0.25, 0.3) is 0 Å². The summed E-state index contributed by atoms with van der Waals surface area (Å²) >= 11 is 0. The molecule has 0 heterocycles. The van der Waals surface area contributed by atoms with Gasteiger partial charge in [-0.25, -0.2) is 0 Å². The van der Waals surface area contributed by atoms with Crippen molar-refractivity contribution in [2.24, 2.45) is 16.6 Å². The van der Waals surface area contributed by atoms with E-state index >= 15 is 0 Å². The van der Waals surface area contributed by atoms with Crippen LogP contribution in [0.15, 0.2) is 0 Å². The van der Waals surface area contributed by atoms with E-state index in [-0.39, 0.29) is 17.9 Å². The molecular formula is C12H24N2O3. The Labute approximate surface area is 103 Å². The maximum absolute atomic E-state index is 11.7. The lowest BCUT2D eigenvalue weighted by Crippen LogP contribution is -2.51. The molecule has 5 nitrogen and oxygen atoms in total. The van der Waals surface area contributed by atoms with Crippen LogP contribution in [0.4, 0.5) is 0 Å². The Morgan fingerprint density at radius 2 is 1.76 bits per heavy atom. The van der Waals surface area contributed by atoms with Crippen molar-refractivity contribution in [3.05, 3.63) is 0 Å². The normalized spacial score (nSPS) is 17.1. The second-order valence-electron chi connectivity index (χ2n) is 5.78. The van der Waals surface area contributed by atoms with Crippen LogP contribution in [0.1, 0.15) is 41.0 Å². The highest BCUT2D eigenvalue weighted by Crippen LogP contribution is 2.21. The first kappa shape index (κ1) is 15.9. The van der Waals surface area contributed by atoms with Crippen LogP contribution < -0.4 is 11.1 Å². The van der Waals surface area contributed by atoms with Gasteiger partial charge in [0.15, 0.2) is 0 Å². The molecule has 100 valence electrons. The molecule has 17 heavy (non-hydrogen) atoms. The van der Waals surface area contributed by atoms with Gasteiger partial charge in [0.2, 0.25) is 5.91 Å². The molecular weight excluding hydrogens is 220 g/mol. The Hall–Kier alpha value is -1.10. The predicted molar refractivity (Wildman–Crippen MR) is 66.5 cm³/mol. The summed E-state index contributed by atoms with van der Waals surface area (Å²) in [5.41, 5.74) is 4.51. The number of carboxylic acid groups (broad SMARTS) is 1. The van der Waals surface area contributed by atoms with Gasteiger partial charge < -0.3 is 16.2 Å². The van der Waals surface area contributed by atoms with Gasteiger partial charge in [-0.15, -0.1) is 0 Å². The van der Waals surface area contributed by atoms with Crippen LogP contribution in [-0.4, -0.2) is 29.6 Å². The molecule has 1 amide bonds. The van der Waals surface area contributed by atoms with Crippen molar-refractivity contribution < 1.29 is 14.7 Å². The molecule has 5 heteroatoms. The molecule has 4 N–H and O–H groups in total. The quantitative estimate of drug-likeness (QED) is 0.672. The molecule has 0 saturated carbocycles. The highest BCUT2D eigenvalue weighted by atomic mass is 16.4. The van der Waals surface area contributed by atoms with Crippen LogP contribution >= 0.6 is 0 Å². The molecule has 0 aliphatic rings. The maximum Gasteiger partial charge on any atom is 0.311 e. The van der Waals surface area contributed by atoms with Gasteiger partial charge in [-0.05, 0) is 18.8 Å². The van der Waals surface area contributed by atoms with E-state index in [0.29, 0.717) is 6.42 Å². The number of amides is 1. The molecule has 0 radical (unpaired) electrons. The maximum atomic E-state index is 11.7. The van der Waals surface area contributed by atoms with Gasteiger partial charge in [0, 0.05) is 6.54 Å². The molecule has 0 saturated heterocycles. The Balaban J connectivity index is 4.48. The molecule has 0 aromatic rings. The van der Waals surface area contributed by atoms with Crippen LogP contribution in [0, 0.1) is 10.8 Å². The average Bonchev–Trinajstić information content (AvgIpc) is 2.22. The van der Waals surface area contributed by atoms with Crippen molar-refractivity contribution in [3.8, 4) is 0 Å². The summed E-state index contributed by atoms with van der Waals surface area (Å²) in [6, 6.07) is -0.641. The molecule has 0 fully saturated rings. The van der Waals surface area contributed by atoms with E-state index in [4.69, 9.17) is 10.8 Å². The molecule has 1 unspecified atom stereocenters. The smallest absolute Gasteiger partial charge is 0.311 e. The summed E-state index contributed by atoms with van der Waals surface area (Å²) < 4.78 is 0. The van der Waals surface area contributed by atoms with E-state index in [1.54, 1.807) is 13.8 Å². The SMILES string of the molecule is CCC(C)(CNC(=O)[C@H](N)C(C)(C)C)C(=O)O. The van der Waals surface area contributed by atoms with E-state index in [1.807, 2.05) is 20.8 Å². The monoisotopic (exact) mass is 244 g/mol. The summed E-state index contributed by atoms with van der Waals surface area (Å²) in [6.45, 7) is 9.10. The standard InChI is InChI=1S/C12H24N2O3/c1-6-12(5,10(16)17)7-14-9(15)8(13)11(2,3)4/h8H,6-7,13H2,1-5H3,(H,14,15)(H,16,17)/t8-,12?/m0/s1. The highest BCUT2D eigenvalue weighted by Gasteiger charge is 2.33. The van der Waals surface area contributed by atoms with Crippen LogP contribution in [0.2, 0.25) is 0 Å². The lowest BCUT2D eigenvalue weighted by atomic mass is 9.85. The van der Waals surface area contributed by atoms with E-state index < -0.39 is 17.4 Å². The van der Waals surface area contributed by atoms with Crippen molar-refractivity contribution in [2.75, 3.05) is 6.54 Å². The lowest BCUT2D eigenvalue weighted by Gasteiger charge is -2.28. The van der Waals surface area contributed by atoms with Gasteiger partial charge >= 0.3 is 5.97 Å². The number of hydrogen-bond donors (Lipinski definition) is 3. The first-order chi connectivity index (χ1) is 7.54. The second kappa shape index (κ2) is 5.49. The minimum atomic E-state index is -0.937. The molecule has 0 aliphatic heterocycles. The zero-order chi connectivity index (χ0) is 13.9. The van der Waals surface area contributed by atoms with Crippen molar-refractivity contribution >= 4 is 11.9 Å². The fourth-order valence-electron chi connectivity index (χ4n) is 1.14. The first-order valence-electron chi connectivity index (χ1n) is 5.81. The Bertz CT molecular complexity index is 297. The number of rotatable bonds is 5. The molecule has 0 spiro atoms. The Morgan fingerprint density at radius 3 is 2.06 bits per heavy atom. The topological polar surface area (TPSA) is 92.4 Å². The number of hydrogen-bond acceptors (Lipinski definition) is 3. The van der Waals surface area contributed by atoms with Crippen LogP contribution in [0.3, 0.4) is 0 Å². The zero-order valence-corrected chi connectivity index (χ0v) is 11.3. The molecule has 0 rings (SSSR count). The second-order valence-corrected chi connectivity index (χ2v) is 5.78. The lowest BCUT2D eigenvalue weighted by molar-refractivity contribution is -0.148. The van der Waals surface area contributed by atoms with E-state index in [1.165, 1.54) is 0 Å². The van der Waals surface area contributed by atoms with E-state index in [9.17, 15) is 9.59 Å². The first-order valence-corrected chi connectivity index (χ1v) is 5.81. The van der Waals surface area contributed by atoms with Crippen LogP contribution in [-0.2, 0) is 9.59 Å². The third kappa shape index (κ3) is 4.34. The summed E-state index contributed by atoms with van der Waals surface area (Å²) in [5, 5.41) is 11.7. The van der Waals surface area contributed by atoms with Gasteiger partial charge in [0.25, 0.3) is 0 Å². The minimum Gasteiger partial charge on any atom is -0.481 e. The average molecular weight is 244 g/mol. The summed E-state index contributed by atoms with van der Waals surface area (Å²) in [7, 11) is 0. The number of carbonyl (C=O) groups is 2. The minimum absolute atomic E-state index is 0.0987. The summed E-state index contributed by atoms with van der Waals surface area (Å²) in [5.74, 6) is -1.22. The molecule has 0 bridgehead atoms. The molecule has 0 aliphatic carbocycles. The van der Waals surface area contributed by atoms with E-state index in [2.05, 4.69) is 5.32 Å². The highest BCUT2D eigenvalue weighted by molar-refractivity contribution is 5.83. The number of carbonyl (C=O) groups excluding carboxylic acids is 1. The Kier molecular flexibility index (Phi) is 5.13. The van der Waals surface area contributed by atoms with Crippen molar-refractivity contribution in [1.29, 1.82) is 0 Å². The predicted octanol–water partition coefficient (Wildman–Crippen LogP) is 0.977. The van der Waals surface area contributed by atoms with Gasteiger partial charge in [-0.1, -0.05) is 27.7 Å². The number of nitrogens with one attached hydrogen (secondary N) is 1. The largest absolute Gasteiger partial charge is 0.481 e. The molecule has 0 aromatic heterocycles. The fraction of sp³-hybridized carbons (Fsp3) is 0.833. The summed E-state index contributed by atoms with van der Waals surface area (Å²) in [6.07, 6.45) is 0.452. The van der Waals surface area contributed by atoms with Gasteiger partial charge in [0.05, 0.1) is 11.5 Å². The number of nitrogens with two attached hydrogens (primary N) is 1. The number of aliphatic carboxylic acids is 1. The van der Waals surface area contributed by atoms with Crippen molar-refractivity contribution in [1.82, 2.24) is 5.32 Å². The van der Waals surface area contributed by atoms with Gasteiger partial charge in [-0.2, -0.15) is 0 Å². The molecule has 2 atom stereocenters. The van der Waals surface area contributed by atoms with Crippen LogP contribution in [0.5, 0.6) is 0 Å². The van der Waals surface area contributed by atoms with Crippen molar-refractivity contribution in [3.63, 3.8) is 0 Å². The van der Waals surface area contributed by atoms with Gasteiger partial charge in [0.1, 0.15) is 0 Å². The Morgan fingerprint density at radius 1 is 1.29 bits per heavy atom. The summed E-state index contributed by atoms with van der Waals surface area (Å²) in [4.78, 5) is 22.8. The molecule has 0 aromatic carbocycles. The zero-order valence-electron chi connectivity index (χ0n) is 11.3. The van der Waals surface area contributed by atoms with Crippen molar-refractivity contribution in [2.45, 2.75) is 47.1 Å². The van der Waals surface area contributed by atoms with Gasteiger partial charge in [-0.3, -0.25) is 9.59 Å². The third-order valence-corrected chi connectivity index (χ3v) is 3.16. The van der Waals surface area contributed by atoms with E-state index in [0.717, 1.165) is 0 Å². The third-order valence-electron chi connectivity index (χ3n) is 3.16.